The summed E-state index contributed by atoms with van der Waals surface area (Å²) < 4.78 is 26.9. The molecule has 1 aliphatic rings. The van der Waals surface area contributed by atoms with Crippen molar-refractivity contribution >= 4 is 22.6 Å². The number of carbonyl (C=O) groups excluding carboxylic acids is 1. The van der Waals surface area contributed by atoms with Crippen LogP contribution in [0.1, 0.15) is 35.7 Å². The first-order valence-electron chi connectivity index (χ1n) is 9.45. The van der Waals surface area contributed by atoms with Gasteiger partial charge in [0.15, 0.2) is 11.6 Å². The van der Waals surface area contributed by atoms with Crippen LogP contribution >= 0.6 is 0 Å². The number of aromatic nitrogens is 2. The fourth-order valence-electron chi connectivity index (χ4n) is 3.24. The van der Waals surface area contributed by atoms with Crippen molar-refractivity contribution in [3.8, 4) is 0 Å². The molecule has 28 heavy (non-hydrogen) atoms. The van der Waals surface area contributed by atoms with Gasteiger partial charge in [0.25, 0.3) is 5.91 Å². The summed E-state index contributed by atoms with van der Waals surface area (Å²) in [6.45, 7) is 2.79. The van der Waals surface area contributed by atoms with E-state index in [0.717, 1.165) is 29.9 Å². The topological polar surface area (TPSA) is 69.8 Å². The maximum absolute atomic E-state index is 13.5. The normalized spacial score (nSPS) is 14.8. The zero-order valence-corrected chi connectivity index (χ0v) is 15.6. The second-order valence-corrected chi connectivity index (χ2v) is 7.46. The Morgan fingerprint density at radius 1 is 1.29 bits per heavy atom. The first-order chi connectivity index (χ1) is 13.5. The number of pyridine rings is 1. The second-order valence-electron chi connectivity index (χ2n) is 7.46. The highest BCUT2D eigenvalue weighted by Gasteiger charge is 2.20. The third kappa shape index (κ3) is 4.13. The third-order valence-corrected chi connectivity index (χ3v) is 5.01. The van der Waals surface area contributed by atoms with E-state index in [4.69, 9.17) is 0 Å². The number of rotatable bonds is 7. The molecule has 5 nitrogen and oxygen atoms in total. The standard InChI is InChI=1S/C21H22F2N4O/c1-12(6-15-11-24-19-8-18(23)17(22)7-16(15)19)27-21(28)14-4-5-20(26-10-14)25-9-13-2-3-13/h4-5,7-8,10-13,24H,2-3,6,9H2,1H3,(H,25,26)(H,27,28). The number of benzene rings is 1. The Labute approximate surface area is 161 Å². The van der Waals surface area contributed by atoms with E-state index < -0.39 is 11.6 Å². The number of carbonyl (C=O) groups is 1. The lowest BCUT2D eigenvalue weighted by Crippen LogP contribution is -2.34. The number of fused-ring (bicyclic) bond motifs is 1. The molecule has 3 N–H and O–H groups in total. The summed E-state index contributed by atoms with van der Waals surface area (Å²) >= 11 is 0. The van der Waals surface area contributed by atoms with E-state index in [9.17, 15) is 13.6 Å². The van der Waals surface area contributed by atoms with Crippen molar-refractivity contribution in [1.82, 2.24) is 15.3 Å². The lowest BCUT2D eigenvalue weighted by atomic mass is 10.1. The van der Waals surface area contributed by atoms with Gasteiger partial charge in [0.1, 0.15) is 5.82 Å². The molecule has 4 rings (SSSR count). The van der Waals surface area contributed by atoms with Crippen LogP contribution in [0.5, 0.6) is 0 Å². The number of hydrogen-bond acceptors (Lipinski definition) is 3. The van der Waals surface area contributed by atoms with E-state index in [1.54, 1.807) is 24.5 Å². The van der Waals surface area contributed by atoms with Gasteiger partial charge in [0.2, 0.25) is 0 Å². The van der Waals surface area contributed by atoms with Crippen molar-refractivity contribution in [2.24, 2.45) is 5.92 Å². The average Bonchev–Trinajstić information content (AvgIpc) is 3.44. The minimum Gasteiger partial charge on any atom is -0.370 e. The molecule has 1 unspecified atom stereocenters. The molecule has 3 aromatic rings. The van der Waals surface area contributed by atoms with Crippen molar-refractivity contribution in [3.05, 3.63) is 59.4 Å². The monoisotopic (exact) mass is 384 g/mol. The predicted molar refractivity (Wildman–Crippen MR) is 104 cm³/mol. The molecule has 1 fully saturated rings. The Morgan fingerprint density at radius 3 is 2.79 bits per heavy atom. The Balaban J connectivity index is 1.37. The van der Waals surface area contributed by atoms with Crippen molar-refractivity contribution in [3.63, 3.8) is 0 Å². The van der Waals surface area contributed by atoms with Gasteiger partial charge in [-0.25, -0.2) is 13.8 Å². The van der Waals surface area contributed by atoms with Crippen LogP contribution in [-0.4, -0.2) is 28.5 Å². The number of nitrogens with zero attached hydrogens (tertiary/aromatic N) is 1. The Kier molecular flexibility index (Phi) is 4.98. The number of aromatic amines is 1. The summed E-state index contributed by atoms with van der Waals surface area (Å²) in [6.07, 6.45) is 6.30. The van der Waals surface area contributed by atoms with E-state index in [-0.39, 0.29) is 11.9 Å². The summed E-state index contributed by atoms with van der Waals surface area (Å²) in [5.74, 6) is -0.466. The van der Waals surface area contributed by atoms with Gasteiger partial charge in [0.05, 0.1) is 5.56 Å². The lowest BCUT2D eigenvalue weighted by molar-refractivity contribution is 0.0940. The molecule has 0 radical (unpaired) electrons. The van der Waals surface area contributed by atoms with Crippen LogP contribution in [0.25, 0.3) is 10.9 Å². The molecule has 0 bridgehead atoms. The zero-order valence-electron chi connectivity index (χ0n) is 15.6. The highest BCUT2D eigenvalue weighted by Crippen LogP contribution is 2.28. The molecule has 1 aromatic carbocycles. The molecule has 1 atom stereocenters. The summed E-state index contributed by atoms with van der Waals surface area (Å²) in [7, 11) is 0. The highest BCUT2D eigenvalue weighted by molar-refractivity contribution is 5.94. The van der Waals surface area contributed by atoms with Crippen LogP contribution < -0.4 is 10.6 Å². The number of anilines is 1. The Hall–Kier alpha value is -2.96. The van der Waals surface area contributed by atoms with Crippen LogP contribution in [0.15, 0.2) is 36.7 Å². The van der Waals surface area contributed by atoms with Gasteiger partial charge < -0.3 is 15.6 Å². The minimum absolute atomic E-state index is 0.188. The molecule has 2 heterocycles. The predicted octanol–water partition coefficient (Wildman–Crippen LogP) is 4.02. The van der Waals surface area contributed by atoms with Crippen molar-refractivity contribution in [1.29, 1.82) is 0 Å². The average molecular weight is 384 g/mol. The lowest BCUT2D eigenvalue weighted by Gasteiger charge is -2.14. The molecule has 1 amide bonds. The maximum atomic E-state index is 13.5. The van der Waals surface area contributed by atoms with E-state index in [1.165, 1.54) is 18.9 Å². The summed E-state index contributed by atoms with van der Waals surface area (Å²) in [5.41, 5.74) is 1.83. The second kappa shape index (κ2) is 7.58. The van der Waals surface area contributed by atoms with E-state index in [0.29, 0.717) is 22.9 Å². The van der Waals surface area contributed by atoms with Crippen LogP contribution in [-0.2, 0) is 6.42 Å². The van der Waals surface area contributed by atoms with Crippen LogP contribution in [0, 0.1) is 17.6 Å². The van der Waals surface area contributed by atoms with Gasteiger partial charge in [-0.05, 0) is 55.9 Å². The molecular formula is C21H22F2N4O. The number of amides is 1. The highest BCUT2D eigenvalue weighted by atomic mass is 19.2. The number of H-pyrrole nitrogens is 1. The van der Waals surface area contributed by atoms with Crippen molar-refractivity contribution < 1.29 is 13.6 Å². The molecule has 1 aliphatic carbocycles. The fourth-order valence-corrected chi connectivity index (χ4v) is 3.24. The van der Waals surface area contributed by atoms with Gasteiger partial charge in [0, 0.05) is 41.9 Å². The molecule has 1 saturated carbocycles. The number of hydrogen-bond donors (Lipinski definition) is 3. The summed E-state index contributed by atoms with van der Waals surface area (Å²) in [5, 5.41) is 6.81. The van der Waals surface area contributed by atoms with Gasteiger partial charge in [-0.3, -0.25) is 4.79 Å². The molecule has 0 aliphatic heterocycles. The number of nitrogens with one attached hydrogen (secondary N) is 3. The maximum Gasteiger partial charge on any atom is 0.253 e. The number of halogens is 2. The molecule has 2 aromatic heterocycles. The van der Waals surface area contributed by atoms with Gasteiger partial charge >= 0.3 is 0 Å². The first-order valence-corrected chi connectivity index (χ1v) is 9.45. The van der Waals surface area contributed by atoms with Crippen LogP contribution in [0.4, 0.5) is 14.6 Å². The van der Waals surface area contributed by atoms with Gasteiger partial charge in [-0.15, -0.1) is 0 Å². The largest absolute Gasteiger partial charge is 0.370 e. The van der Waals surface area contributed by atoms with Gasteiger partial charge in [-0.2, -0.15) is 0 Å². The molecule has 0 saturated heterocycles. The zero-order chi connectivity index (χ0) is 19.7. The van der Waals surface area contributed by atoms with Gasteiger partial charge in [-0.1, -0.05) is 0 Å². The molecule has 146 valence electrons. The third-order valence-electron chi connectivity index (χ3n) is 5.01. The molecule has 0 spiro atoms. The summed E-state index contributed by atoms with van der Waals surface area (Å²) in [6, 6.07) is 5.68. The quantitative estimate of drug-likeness (QED) is 0.576. The van der Waals surface area contributed by atoms with Crippen molar-refractivity contribution in [2.75, 3.05) is 11.9 Å². The summed E-state index contributed by atoms with van der Waals surface area (Å²) in [4.78, 5) is 19.7. The Morgan fingerprint density at radius 2 is 2.07 bits per heavy atom. The molecular weight excluding hydrogens is 362 g/mol. The van der Waals surface area contributed by atoms with Crippen molar-refractivity contribution in [2.45, 2.75) is 32.2 Å². The SMILES string of the molecule is CC(Cc1c[nH]c2cc(F)c(F)cc12)NC(=O)c1ccc(NCC2CC2)nc1. The van der Waals surface area contributed by atoms with Crippen LogP contribution in [0.2, 0.25) is 0 Å². The minimum atomic E-state index is -0.884. The van der Waals surface area contributed by atoms with E-state index >= 15 is 0 Å². The smallest absolute Gasteiger partial charge is 0.253 e. The Bertz CT molecular complexity index is 996. The van der Waals surface area contributed by atoms with E-state index in [1.807, 2.05) is 6.92 Å². The fraction of sp³-hybridized carbons (Fsp3) is 0.333. The first kappa shape index (κ1) is 18.4. The van der Waals surface area contributed by atoms with Crippen LogP contribution in [0.3, 0.4) is 0 Å². The molecule has 7 heteroatoms. The van der Waals surface area contributed by atoms with E-state index in [2.05, 4.69) is 20.6 Å².